The van der Waals surface area contributed by atoms with Crippen LogP contribution in [0.3, 0.4) is 0 Å². The number of ether oxygens (including phenoxy) is 1. The predicted molar refractivity (Wildman–Crippen MR) is 107 cm³/mol. The van der Waals surface area contributed by atoms with E-state index in [4.69, 9.17) is 4.74 Å². The van der Waals surface area contributed by atoms with Crippen LogP contribution < -0.4 is 5.32 Å². The molecular weight excluding hydrogens is 360 g/mol. The number of pyridine rings is 1. The van der Waals surface area contributed by atoms with E-state index < -0.39 is 0 Å². The number of hydrogen-bond donors (Lipinski definition) is 1. The summed E-state index contributed by atoms with van der Waals surface area (Å²) in [5, 5.41) is 6.25. The minimum Gasteiger partial charge on any atom is -0.462 e. The molecule has 5 nitrogen and oxygen atoms in total. The SMILES string of the molecule is CCOC(=O)c1c(C2CC2)csc1NC(=O)c1cc(C)nc2ccccc12. The van der Waals surface area contributed by atoms with Gasteiger partial charge < -0.3 is 10.1 Å². The lowest BCUT2D eigenvalue weighted by Gasteiger charge is -2.10. The molecule has 2 heterocycles. The van der Waals surface area contributed by atoms with Crippen molar-refractivity contribution in [3.05, 3.63) is 58.1 Å². The van der Waals surface area contributed by atoms with E-state index in [0.29, 0.717) is 28.7 Å². The van der Waals surface area contributed by atoms with Gasteiger partial charge in [0.05, 0.1) is 23.3 Å². The zero-order valence-corrected chi connectivity index (χ0v) is 16.1. The van der Waals surface area contributed by atoms with Crippen LogP contribution in [0, 0.1) is 6.92 Å². The molecule has 1 amide bonds. The fourth-order valence-electron chi connectivity index (χ4n) is 3.24. The summed E-state index contributed by atoms with van der Waals surface area (Å²) in [5.74, 6) is -0.214. The second-order valence-electron chi connectivity index (χ2n) is 6.67. The highest BCUT2D eigenvalue weighted by Crippen LogP contribution is 2.46. The van der Waals surface area contributed by atoms with Gasteiger partial charge >= 0.3 is 5.97 Å². The molecule has 0 saturated heterocycles. The van der Waals surface area contributed by atoms with Crippen molar-refractivity contribution in [2.75, 3.05) is 11.9 Å². The van der Waals surface area contributed by atoms with Crippen LogP contribution in [0.5, 0.6) is 0 Å². The van der Waals surface area contributed by atoms with Crippen LogP contribution in [0.25, 0.3) is 10.9 Å². The molecule has 0 radical (unpaired) electrons. The molecule has 2 aromatic heterocycles. The third kappa shape index (κ3) is 3.45. The lowest BCUT2D eigenvalue weighted by atomic mass is 10.1. The number of nitrogens with one attached hydrogen (secondary N) is 1. The van der Waals surface area contributed by atoms with E-state index in [1.165, 1.54) is 11.3 Å². The molecule has 27 heavy (non-hydrogen) atoms. The lowest BCUT2D eigenvalue weighted by Crippen LogP contribution is -2.16. The summed E-state index contributed by atoms with van der Waals surface area (Å²) < 4.78 is 5.23. The first-order valence-corrected chi connectivity index (χ1v) is 9.92. The molecule has 1 N–H and O–H groups in total. The van der Waals surface area contributed by atoms with Gasteiger partial charge in [-0.3, -0.25) is 9.78 Å². The summed E-state index contributed by atoms with van der Waals surface area (Å²) >= 11 is 1.38. The zero-order valence-electron chi connectivity index (χ0n) is 15.2. The third-order valence-electron chi connectivity index (χ3n) is 4.63. The highest BCUT2D eigenvalue weighted by Gasteiger charge is 2.32. The van der Waals surface area contributed by atoms with Crippen LogP contribution >= 0.6 is 11.3 Å². The minimum absolute atomic E-state index is 0.244. The topological polar surface area (TPSA) is 68.3 Å². The van der Waals surface area contributed by atoms with E-state index in [0.717, 1.165) is 35.0 Å². The van der Waals surface area contributed by atoms with Gasteiger partial charge in [-0.15, -0.1) is 11.3 Å². The van der Waals surface area contributed by atoms with E-state index >= 15 is 0 Å². The number of nitrogens with zero attached hydrogens (tertiary/aromatic N) is 1. The van der Waals surface area contributed by atoms with Gasteiger partial charge in [0.2, 0.25) is 0 Å². The lowest BCUT2D eigenvalue weighted by molar-refractivity contribution is 0.0527. The van der Waals surface area contributed by atoms with Crippen molar-refractivity contribution >= 4 is 39.1 Å². The quantitative estimate of drug-likeness (QED) is 0.639. The Labute approximate surface area is 161 Å². The number of aromatic nitrogens is 1. The standard InChI is InChI=1S/C21H20N2O3S/c1-3-26-21(25)18-16(13-8-9-13)11-27-20(18)23-19(24)15-10-12(2)22-17-7-5-4-6-14(15)17/h4-7,10-11,13H,3,8-9H2,1-2H3,(H,23,24). The molecule has 1 aliphatic rings. The molecule has 0 bridgehead atoms. The van der Waals surface area contributed by atoms with E-state index in [2.05, 4.69) is 10.3 Å². The normalized spacial score (nSPS) is 13.6. The fraction of sp³-hybridized carbons (Fsp3) is 0.286. The largest absolute Gasteiger partial charge is 0.462 e. The first-order chi connectivity index (χ1) is 13.1. The van der Waals surface area contributed by atoms with Crippen molar-refractivity contribution in [2.24, 2.45) is 0 Å². The second-order valence-corrected chi connectivity index (χ2v) is 7.55. The number of esters is 1. The number of fused-ring (bicyclic) bond motifs is 1. The molecule has 1 fully saturated rings. The van der Waals surface area contributed by atoms with Crippen molar-refractivity contribution in [2.45, 2.75) is 32.6 Å². The molecule has 0 atom stereocenters. The van der Waals surface area contributed by atoms with Gasteiger partial charge in [0.15, 0.2) is 0 Å². The minimum atomic E-state index is -0.369. The second kappa shape index (κ2) is 7.12. The Morgan fingerprint density at radius 3 is 2.81 bits per heavy atom. The van der Waals surface area contributed by atoms with Crippen LogP contribution in [-0.4, -0.2) is 23.5 Å². The molecule has 4 rings (SSSR count). The molecule has 0 aliphatic heterocycles. The van der Waals surface area contributed by atoms with Gasteiger partial charge in [-0.05, 0) is 55.7 Å². The average Bonchev–Trinajstić information content (AvgIpc) is 3.41. The highest BCUT2D eigenvalue weighted by molar-refractivity contribution is 7.15. The zero-order chi connectivity index (χ0) is 19.0. The molecule has 6 heteroatoms. The highest BCUT2D eigenvalue weighted by atomic mass is 32.1. The van der Waals surface area contributed by atoms with Crippen LogP contribution in [0.2, 0.25) is 0 Å². The van der Waals surface area contributed by atoms with E-state index in [9.17, 15) is 9.59 Å². The van der Waals surface area contributed by atoms with Gasteiger partial charge in [0.25, 0.3) is 5.91 Å². The third-order valence-corrected chi connectivity index (χ3v) is 5.55. The Hall–Kier alpha value is -2.73. The molecule has 0 spiro atoms. The number of rotatable bonds is 5. The molecule has 1 saturated carbocycles. The van der Waals surface area contributed by atoms with Gasteiger partial charge in [-0.25, -0.2) is 4.79 Å². The summed E-state index contributed by atoms with van der Waals surface area (Å²) in [6.07, 6.45) is 2.15. The number of anilines is 1. The molecule has 1 aromatic carbocycles. The molecule has 138 valence electrons. The Morgan fingerprint density at radius 1 is 1.30 bits per heavy atom. The van der Waals surface area contributed by atoms with Gasteiger partial charge in [0.1, 0.15) is 5.00 Å². The molecule has 1 aliphatic carbocycles. The first kappa shape index (κ1) is 17.7. The van der Waals surface area contributed by atoms with Crippen LogP contribution in [0.4, 0.5) is 5.00 Å². The Balaban J connectivity index is 1.71. The van der Waals surface area contributed by atoms with Crippen molar-refractivity contribution < 1.29 is 14.3 Å². The van der Waals surface area contributed by atoms with E-state index in [1.54, 1.807) is 13.0 Å². The number of carbonyl (C=O) groups excluding carboxylic acids is 2. The summed E-state index contributed by atoms with van der Waals surface area (Å²) in [5.41, 5.74) is 3.60. The number of para-hydroxylation sites is 1. The van der Waals surface area contributed by atoms with Crippen molar-refractivity contribution in [1.29, 1.82) is 0 Å². The number of hydrogen-bond acceptors (Lipinski definition) is 5. The molecule has 0 unspecified atom stereocenters. The van der Waals surface area contributed by atoms with Crippen LogP contribution in [-0.2, 0) is 4.74 Å². The van der Waals surface area contributed by atoms with Crippen LogP contribution in [0.15, 0.2) is 35.7 Å². The van der Waals surface area contributed by atoms with Gasteiger partial charge in [0, 0.05) is 11.1 Å². The first-order valence-electron chi connectivity index (χ1n) is 9.04. The fourth-order valence-corrected chi connectivity index (χ4v) is 4.26. The predicted octanol–water partition coefficient (Wildman–Crippen LogP) is 4.91. The van der Waals surface area contributed by atoms with E-state index in [1.807, 2.05) is 36.6 Å². The summed E-state index contributed by atoms with van der Waals surface area (Å²) in [7, 11) is 0. The van der Waals surface area contributed by atoms with Gasteiger partial charge in [-0.2, -0.15) is 0 Å². The molecular formula is C21H20N2O3S. The van der Waals surface area contributed by atoms with Crippen molar-refractivity contribution in [3.63, 3.8) is 0 Å². The average molecular weight is 380 g/mol. The monoisotopic (exact) mass is 380 g/mol. The smallest absolute Gasteiger partial charge is 0.341 e. The number of benzene rings is 1. The number of thiophene rings is 1. The van der Waals surface area contributed by atoms with E-state index in [-0.39, 0.29) is 11.9 Å². The molecule has 3 aromatic rings. The maximum absolute atomic E-state index is 13.0. The Morgan fingerprint density at radius 2 is 2.07 bits per heavy atom. The Bertz CT molecular complexity index is 1040. The summed E-state index contributed by atoms with van der Waals surface area (Å²) in [6.45, 7) is 3.95. The maximum Gasteiger partial charge on any atom is 0.341 e. The number of carbonyl (C=O) groups is 2. The summed E-state index contributed by atoms with van der Waals surface area (Å²) in [4.78, 5) is 30.0. The number of aryl methyl sites for hydroxylation is 1. The maximum atomic E-state index is 13.0. The van der Waals surface area contributed by atoms with Crippen molar-refractivity contribution in [1.82, 2.24) is 4.98 Å². The van der Waals surface area contributed by atoms with Crippen molar-refractivity contribution in [3.8, 4) is 0 Å². The van der Waals surface area contributed by atoms with Crippen LogP contribution in [0.1, 0.15) is 57.7 Å². The Kier molecular flexibility index (Phi) is 4.66. The number of amides is 1. The summed E-state index contributed by atoms with van der Waals surface area (Å²) in [6, 6.07) is 9.33. The van der Waals surface area contributed by atoms with Gasteiger partial charge in [-0.1, -0.05) is 18.2 Å².